The standard InChI is InChI=1S/C13H18O.C2H6/c1-9(2)13(4)12-6-5-10(3)7-11(12)8-14-13;1-2/h5-7,9H,8H2,1-4H3;1-2H3. The first-order valence-electron chi connectivity index (χ1n) is 6.28. The summed E-state index contributed by atoms with van der Waals surface area (Å²) in [6, 6.07) is 6.63. The van der Waals surface area contributed by atoms with Crippen LogP contribution < -0.4 is 0 Å². The van der Waals surface area contributed by atoms with Gasteiger partial charge in [-0.15, -0.1) is 0 Å². The van der Waals surface area contributed by atoms with Crippen LogP contribution in [0.2, 0.25) is 0 Å². The molecular formula is C15H24O. The highest BCUT2D eigenvalue weighted by molar-refractivity contribution is 5.38. The number of rotatable bonds is 1. The summed E-state index contributed by atoms with van der Waals surface area (Å²) < 4.78 is 5.93. The Morgan fingerprint density at radius 1 is 1.25 bits per heavy atom. The summed E-state index contributed by atoms with van der Waals surface area (Å²) in [5.74, 6) is 0.520. The first kappa shape index (κ1) is 13.2. The van der Waals surface area contributed by atoms with Crippen LogP contribution in [0.4, 0.5) is 0 Å². The molecule has 0 aromatic heterocycles. The number of fused-ring (bicyclic) bond motifs is 1. The third kappa shape index (κ3) is 2.15. The summed E-state index contributed by atoms with van der Waals surface area (Å²) in [5.41, 5.74) is 3.97. The SMILES string of the molecule is CC.Cc1ccc2c(c1)COC2(C)C(C)C. The molecule has 0 amide bonds. The van der Waals surface area contributed by atoms with Crippen molar-refractivity contribution in [3.63, 3.8) is 0 Å². The Morgan fingerprint density at radius 3 is 2.44 bits per heavy atom. The number of aryl methyl sites for hydroxylation is 1. The second-order valence-electron chi connectivity index (χ2n) is 4.71. The first-order valence-corrected chi connectivity index (χ1v) is 6.28. The smallest absolute Gasteiger partial charge is 0.0934 e. The minimum absolute atomic E-state index is 0.0803. The van der Waals surface area contributed by atoms with Gasteiger partial charge in [0.25, 0.3) is 0 Å². The van der Waals surface area contributed by atoms with Gasteiger partial charge in [0.05, 0.1) is 12.2 Å². The fourth-order valence-corrected chi connectivity index (χ4v) is 2.11. The summed E-state index contributed by atoms with van der Waals surface area (Å²) in [4.78, 5) is 0. The van der Waals surface area contributed by atoms with Gasteiger partial charge < -0.3 is 4.74 Å². The van der Waals surface area contributed by atoms with Crippen molar-refractivity contribution in [3.8, 4) is 0 Å². The van der Waals surface area contributed by atoms with Crippen LogP contribution in [0.3, 0.4) is 0 Å². The molecule has 1 aromatic carbocycles. The molecule has 0 radical (unpaired) electrons. The maximum atomic E-state index is 5.93. The second kappa shape index (κ2) is 5.01. The van der Waals surface area contributed by atoms with E-state index in [0.717, 1.165) is 6.61 Å². The van der Waals surface area contributed by atoms with Gasteiger partial charge in [-0.05, 0) is 30.9 Å². The molecule has 1 aliphatic rings. The minimum atomic E-state index is -0.0803. The van der Waals surface area contributed by atoms with Crippen LogP contribution in [0.15, 0.2) is 18.2 Å². The van der Waals surface area contributed by atoms with E-state index < -0.39 is 0 Å². The number of hydrogen-bond acceptors (Lipinski definition) is 1. The van der Waals surface area contributed by atoms with E-state index in [1.165, 1.54) is 16.7 Å². The van der Waals surface area contributed by atoms with E-state index in [4.69, 9.17) is 4.74 Å². The predicted octanol–water partition coefficient (Wildman–Crippen LogP) is 4.42. The van der Waals surface area contributed by atoms with E-state index in [2.05, 4.69) is 45.9 Å². The fraction of sp³-hybridized carbons (Fsp3) is 0.600. The van der Waals surface area contributed by atoms with Gasteiger partial charge in [0.1, 0.15) is 0 Å². The van der Waals surface area contributed by atoms with E-state index in [1.54, 1.807) is 0 Å². The van der Waals surface area contributed by atoms with Crippen molar-refractivity contribution in [1.82, 2.24) is 0 Å². The number of hydrogen-bond donors (Lipinski definition) is 0. The highest BCUT2D eigenvalue weighted by Gasteiger charge is 2.37. The van der Waals surface area contributed by atoms with Gasteiger partial charge in [0, 0.05) is 0 Å². The molecule has 1 heterocycles. The van der Waals surface area contributed by atoms with Gasteiger partial charge in [-0.1, -0.05) is 51.5 Å². The first-order chi connectivity index (χ1) is 7.54. The molecule has 0 spiro atoms. The van der Waals surface area contributed by atoms with Crippen LogP contribution in [-0.2, 0) is 16.9 Å². The Balaban J connectivity index is 0.000000606. The molecule has 0 N–H and O–H groups in total. The highest BCUT2D eigenvalue weighted by Crippen LogP contribution is 2.41. The van der Waals surface area contributed by atoms with Crippen molar-refractivity contribution in [2.24, 2.45) is 5.92 Å². The lowest BCUT2D eigenvalue weighted by atomic mass is 9.84. The summed E-state index contributed by atoms with van der Waals surface area (Å²) in [6.07, 6.45) is 0. The van der Waals surface area contributed by atoms with Crippen molar-refractivity contribution in [3.05, 3.63) is 34.9 Å². The van der Waals surface area contributed by atoms with Crippen LogP contribution in [0.1, 0.15) is 51.3 Å². The molecule has 1 heteroatoms. The average Bonchev–Trinajstić information content (AvgIpc) is 2.60. The van der Waals surface area contributed by atoms with Gasteiger partial charge in [-0.3, -0.25) is 0 Å². The van der Waals surface area contributed by atoms with Gasteiger partial charge >= 0.3 is 0 Å². The highest BCUT2D eigenvalue weighted by atomic mass is 16.5. The van der Waals surface area contributed by atoms with E-state index in [9.17, 15) is 0 Å². The van der Waals surface area contributed by atoms with Crippen LogP contribution in [0, 0.1) is 12.8 Å². The largest absolute Gasteiger partial charge is 0.366 e. The van der Waals surface area contributed by atoms with E-state index in [0.29, 0.717) is 5.92 Å². The average molecular weight is 220 g/mol. The summed E-state index contributed by atoms with van der Waals surface area (Å²) >= 11 is 0. The van der Waals surface area contributed by atoms with Crippen molar-refractivity contribution >= 4 is 0 Å². The topological polar surface area (TPSA) is 9.23 Å². The molecule has 1 aromatic rings. The molecule has 1 atom stereocenters. The molecule has 90 valence electrons. The maximum Gasteiger partial charge on any atom is 0.0934 e. The van der Waals surface area contributed by atoms with Crippen molar-refractivity contribution in [1.29, 1.82) is 0 Å². The zero-order valence-electron chi connectivity index (χ0n) is 11.4. The number of ether oxygens (including phenoxy) is 1. The molecule has 1 nitrogen and oxygen atoms in total. The van der Waals surface area contributed by atoms with Gasteiger partial charge in [0.2, 0.25) is 0 Å². The van der Waals surface area contributed by atoms with E-state index in [1.807, 2.05) is 13.8 Å². The molecule has 16 heavy (non-hydrogen) atoms. The minimum Gasteiger partial charge on any atom is -0.366 e. The Morgan fingerprint density at radius 2 is 1.88 bits per heavy atom. The van der Waals surface area contributed by atoms with Crippen LogP contribution in [-0.4, -0.2) is 0 Å². The monoisotopic (exact) mass is 220 g/mol. The lowest BCUT2D eigenvalue weighted by Gasteiger charge is -2.29. The normalized spacial score (nSPS) is 22.7. The predicted molar refractivity (Wildman–Crippen MR) is 69.5 cm³/mol. The van der Waals surface area contributed by atoms with Gasteiger partial charge in [-0.2, -0.15) is 0 Å². The molecule has 2 rings (SSSR count). The Labute approximate surface area is 99.8 Å². The van der Waals surface area contributed by atoms with Crippen molar-refractivity contribution < 1.29 is 4.74 Å². The molecular weight excluding hydrogens is 196 g/mol. The third-order valence-electron chi connectivity index (χ3n) is 3.42. The number of benzene rings is 1. The summed E-state index contributed by atoms with van der Waals surface area (Å²) in [6.45, 7) is 13.5. The molecule has 1 unspecified atom stereocenters. The van der Waals surface area contributed by atoms with Crippen molar-refractivity contribution in [2.75, 3.05) is 0 Å². The Bertz CT molecular complexity index is 354. The summed E-state index contributed by atoms with van der Waals surface area (Å²) in [5, 5.41) is 0. The molecule has 0 bridgehead atoms. The maximum absolute atomic E-state index is 5.93. The Kier molecular flexibility index (Phi) is 4.15. The lowest BCUT2D eigenvalue weighted by Crippen LogP contribution is -2.27. The Hall–Kier alpha value is -0.820. The lowest BCUT2D eigenvalue weighted by molar-refractivity contribution is -0.0576. The van der Waals surface area contributed by atoms with E-state index in [-0.39, 0.29) is 5.60 Å². The zero-order valence-corrected chi connectivity index (χ0v) is 11.4. The van der Waals surface area contributed by atoms with Crippen molar-refractivity contribution in [2.45, 2.75) is 53.8 Å². The molecule has 1 aliphatic heterocycles. The molecule has 0 saturated carbocycles. The quantitative estimate of drug-likeness (QED) is 0.680. The van der Waals surface area contributed by atoms with Crippen LogP contribution in [0.5, 0.6) is 0 Å². The molecule has 0 saturated heterocycles. The fourth-order valence-electron chi connectivity index (χ4n) is 2.11. The second-order valence-corrected chi connectivity index (χ2v) is 4.71. The van der Waals surface area contributed by atoms with Gasteiger partial charge in [0.15, 0.2) is 0 Å². The molecule has 0 fully saturated rings. The molecule has 0 aliphatic carbocycles. The van der Waals surface area contributed by atoms with Gasteiger partial charge in [-0.25, -0.2) is 0 Å². The third-order valence-corrected chi connectivity index (χ3v) is 3.42. The zero-order chi connectivity index (χ0) is 12.3. The van der Waals surface area contributed by atoms with Crippen LogP contribution in [0.25, 0.3) is 0 Å². The van der Waals surface area contributed by atoms with Crippen LogP contribution >= 0.6 is 0 Å². The van der Waals surface area contributed by atoms with E-state index >= 15 is 0 Å². The summed E-state index contributed by atoms with van der Waals surface area (Å²) in [7, 11) is 0.